The summed E-state index contributed by atoms with van der Waals surface area (Å²) in [6.07, 6.45) is 3.77. The van der Waals surface area contributed by atoms with Crippen LogP contribution in [0.5, 0.6) is 0 Å². The Labute approximate surface area is 189 Å². The zero-order valence-corrected chi connectivity index (χ0v) is 19.4. The van der Waals surface area contributed by atoms with Crippen LogP contribution >= 0.6 is 0 Å². The molecule has 0 radical (unpaired) electrons. The number of aromatic amines is 1. The smallest absolute Gasteiger partial charge is 0.225 e. The highest BCUT2D eigenvalue weighted by atomic mass is 19.1. The molecule has 5 nitrogen and oxygen atoms in total. The highest BCUT2D eigenvalue weighted by Crippen LogP contribution is 2.32. The average molecular weight is 437 g/mol. The lowest BCUT2D eigenvalue weighted by Crippen LogP contribution is -2.44. The van der Waals surface area contributed by atoms with Gasteiger partial charge in [0.2, 0.25) is 5.91 Å². The van der Waals surface area contributed by atoms with Crippen LogP contribution in [0, 0.1) is 24.1 Å². The van der Waals surface area contributed by atoms with E-state index in [4.69, 9.17) is 0 Å². The van der Waals surface area contributed by atoms with Crippen LogP contribution in [0.15, 0.2) is 42.6 Å². The molecule has 1 aliphatic rings. The number of hydrogen-bond acceptors (Lipinski definition) is 3. The van der Waals surface area contributed by atoms with Gasteiger partial charge in [-0.3, -0.25) is 14.7 Å². The van der Waals surface area contributed by atoms with Crippen molar-refractivity contribution < 1.29 is 9.18 Å². The van der Waals surface area contributed by atoms with Crippen LogP contribution in [-0.2, 0) is 11.3 Å². The van der Waals surface area contributed by atoms with Gasteiger partial charge in [0.1, 0.15) is 5.82 Å². The summed E-state index contributed by atoms with van der Waals surface area (Å²) in [4.78, 5) is 23.2. The van der Waals surface area contributed by atoms with Gasteiger partial charge in [-0.2, -0.15) is 0 Å². The van der Waals surface area contributed by atoms with E-state index < -0.39 is 5.41 Å². The summed E-state index contributed by atoms with van der Waals surface area (Å²) < 4.78 is 13.6. The SMILES string of the molecule is Cc1c(CN2CCC([C@H](NC(=O)C(C)(C)C)c3ccccn3)CC2)[nH]c2ccc(F)cc12. The Morgan fingerprint density at radius 3 is 2.66 bits per heavy atom. The molecule has 32 heavy (non-hydrogen) atoms. The van der Waals surface area contributed by atoms with Gasteiger partial charge >= 0.3 is 0 Å². The normalized spacial score (nSPS) is 16.9. The summed E-state index contributed by atoms with van der Waals surface area (Å²) in [7, 11) is 0. The number of benzene rings is 1. The van der Waals surface area contributed by atoms with E-state index in [0.29, 0.717) is 5.92 Å². The number of carbonyl (C=O) groups excluding carboxylic acids is 1. The summed E-state index contributed by atoms with van der Waals surface area (Å²) in [5.74, 6) is 0.187. The van der Waals surface area contributed by atoms with E-state index in [9.17, 15) is 9.18 Å². The largest absolute Gasteiger partial charge is 0.357 e. The third kappa shape index (κ3) is 4.85. The van der Waals surface area contributed by atoms with Gasteiger partial charge in [0.25, 0.3) is 0 Å². The summed E-state index contributed by atoms with van der Waals surface area (Å²) >= 11 is 0. The Balaban J connectivity index is 1.45. The van der Waals surface area contributed by atoms with Crippen LogP contribution in [0.25, 0.3) is 10.9 Å². The van der Waals surface area contributed by atoms with Gasteiger partial charge in [-0.1, -0.05) is 26.8 Å². The summed E-state index contributed by atoms with van der Waals surface area (Å²) in [5.41, 5.74) is 3.73. The molecule has 3 aromatic rings. The second-order valence-corrected chi connectivity index (χ2v) is 9.99. The maximum atomic E-state index is 13.6. The minimum atomic E-state index is -0.444. The number of carbonyl (C=O) groups is 1. The Kier molecular flexibility index (Phi) is 6.33. The number of hydrogen-bond donors (Lipinski definition) is 2. The minimum absolute atomic E-state index is 0.0523. The van der Waals surface area contributed by atoms with Gasteiger partial charge in [-0.15, -0.1) is 0 Å². The monoisotopic (exact) mass is 436 g/mol. The number of amides is 1. The van der Waals surface area contributed by atoms with Crippen molar-refractivity contribution in [1.29, 1.82) is 0 Å². The van der Waals surface area contributed by atoms with Gasteiger partial charge < -0.3 is 10.3 Å². The Morgan fingerprint density at radius 2 is 2.00 bits per heavy atom. The average Bonchev–Trinajstić information content (AvgIpc) is 3.07. The third-order valence-corrected chi connectivity index (χ3v) is 6.58. The Hall–Kier alpha value is -2.73. The molecule has 0 bridgehead atoms. The van der Waals surface area contributed by atoms with Crippen molar-refractivity contribution in [2.45, 2.75) is 53.1 Å². The van der Waals surface area contributed by atoms with Crippen LogP contribution < -0.4 is 5.32 Å². The summed E-state index contributed by atoms with van der Waals surface area (Å²) in [5, 5.41) is 4.23. The first-order valence-electron chi connectivity index (χ1n) is 11.4. The fourth-order valence-corrected chi connectivity index (χ4v) is 4.53. The molecule has 2 aromatic heterocycles. The predicted octanol–water partition coefficient (Wildman–Crippen LogP) is 5.13. The molecule has 1 aliphatic heterocycles. The molecule has 1 aromatic carbocycles. The number of likely N-dealkylation sites (tertiary alicyclic amines) is 1. The number of rotatable bonds is 5. The number of H-pyrrole nitrogens is 1. The standard InChI is InChI=1S/C26H33FN4O/c1-17-20-15-19(27)8-9-21(20)29-23(17)16-31-13-10-18(11-14-31)24(22-7-5-6-12-28-22)30-25(32)26(2,3)4/h5-9,12,15,18,24,29H,10-11,13-14,16H2,1-4H3,(H,30,32)/t24-/m0/s1. The zero-order valence-electron chi connectivity index (χ0n) is 19.4. The first-order chi connectivity index (χ1) is 15.2. The van der Waals surface area contributed by atoms with Crippen LogP contribution in [0.2, 0.25) is 0 Å². The van der Waals surface area contributed by atoms with Crippen LogP contribution in [0.4, 0.5) is 4.39 Å². The van der Waals surface area contributed by atoms with Crippen LogP contribution in [-0.4, -0.2) is 33.9 Å². The maximum absolute atomic E-state index is 13.6. The third-order valence-electron chi connectivity index (χ3n) is 6.58. The van der Waals surface area contributed by atoms with E-state index in [-0.39, 0.29) is 17.8 Å². The lowest BCUT2D eigenvalue weighted by molar-refractivity contribution is -0.129. The van der Waals surface area contributed by atoms with E-state index in [1.807, 2.05) is 45.0 Å². The van der Waals surface area contributed by atoms with Gasteiger partial charge in [-0.25, -0.2) is 4.39 Å². The van der Waals surface area contributed by atoms with Gasteiger partial charge in [0, 0.05) is 34.8 Å². The number of pyridine rings is 1. The van der Waals surface area contributed by atoms with Crippen LogP contribution in [0.1, 0.15) is 56.6 Å². The van der Waals surface area contributed by atoms with Gasteiger partial charge in [-0.05, 0) is 74.7 Å². The number of aromatic nitrogens is 2. The maximum Gasteiger partial charge on any atom is 0.225 e. The molecule has 4 rings (SSSR count). The number of halogens is 1. The molecule has 1 amide bonds. The van der Waals surface area contributed by atoms with E-state index >= 15 is 0 Å². The number of piperidine rings is 1. The first-order valence-corrected chi connectivity index (χ1v) is 11.4. The lowest BCUT2D eigenvalue weighted by Gasteiger charge is -2.37. The second-order valence-electron chi connectivity index (χ2n) is 9.99. The molecule has 0 unspecified atom stereocenters. The minimum Gasteiger partial charge on any atom is -0.357 e. The topological polar surface area (TPSA) is 61.0 Å². The van der Waals surface area contributed by atoms with Gasteiger partial charge in [0.05, 0.1) is 11.7 Å². The highest BCUT2D eigenvalue weighted by molar-refractivity contribution is 5.84. The first kappa shape index (κ1) is 22.5. The molecule has 6 heteroatoms. The molecular weight excluding hydrogens is 403 g/mol. The van der Waals surface area contributed by atoms with Gasteiger partial charge in [0.15, 0.2) is 0 Å². The van der Waals surface area contributed by atoms with Crippen LogP contribution in [0.3, 0.4) is 0 Å². The van der Waals surface area contributed by atoms with Crippen molar-refractivity contribution in [3.8, 4) is 0 Å². The summed E-state index contributed by atoms with van der Waals surface area (Å²) in [6.45, 7) is 10.6. The molecule has 1 fully saturated rings. The van der Waals surface area contributed by atoms with Crippen molar-refractivity contribution >= 4 is 16.8 Å². The van der Waals surface area contributed by atoms with E-state index in [1.54, 1.807) is 12.3 Å². The van der Waals surface area contributed by atoms with Crippen molar-refractivity contribution in [1.82, 2.24) is 20.2 Å². The molecule has 0 spiro atoms. The zero-order chi connectivity index (χ0) is 22.9. The Morgan fingerprint density at radius 1 is 1.25 bits per heavy atom. The molecule has 170 valence electrons. The predicted molar refractivity (Wildman–Crippen MR) is 126 cm³/mol. The number of nitrogens with one attached hydrogen (secondary N) is 2. The van der Waals surface area contributed by atoms with Crippen molar-refractivity contribution in [2.75, 3.05) is 13.1 Å². The second kappa shape index (κ2) is 9.02. The number of fused-ring (bicyclic) bond motifs is 1. The molecule has 2 N–H and O–H groups in total. The van der Waals surface area contributed by atoms with E-state index in [0.717, 1.165) is 60.3 Å². The van der Waals surface area contributed by atoms with Crippen molar-refractivity contribution in [2.24, 2.45) is 11.3 Å². The fourth-order valence-electron chi connectivity index (χ4n) is 4.53. The fraction of sp³-hybridized carbons (Fsp3) is 0.462. The Bertz CT molecular complexity index is 1080. The molecule has 3 heterocycles. The molecule has 1 atom stereocenters. The molecule has 1 saturated heterocycles. The molecular formula is C26H33FN4O. The van der Waals surface area contributed by atoms with Crippen molar-refractivity contribution in [3.63, 3.8) is 0 Å². The summed E-state index contributed by atoms with van der Waals surface area (Å²) in [6, 6.07) is 10.7. The van der Waals surface area contributed by atoms with E-state index in [1.165, 1.54) is 6.07 Å². The van der Waals surface area contributed by atoms with E-state index in [2.05, 4.69) is 27.1 Å². The molecule has 0 aliphatic carbocycles. The molecule has 0 saturated carbocycles. The van der Waals surface area contributed by atoms with Crippen molar-refractivity contribution in [3.05, 3.63) is 65.4 Å². The quantitative estimate of drug-likeness (QED) is 0.583. The highest BCUT2D eigenvalue weighted by Gasteiger charge is 2.32. The number of aryl methyl sites for hydroxylation is 1. The number of nitrogens with zero attached hydrogens (tertiary/aromatic N) is 2. The lowest BCUT2D eigenvalue weighted by atomic mass is 9.85.